The van der Waals surface area contributed by atoms with Gasteiger partial charge in [0.1, 0.15) is 0 Å². The zero-order valence-corrected chi connectivity index (χ0v) is 11.7. The van der Waals surface area contributed by atoms with E-state index >= 15 is 0 Å². The molecule has 0 saturated heterocycles. The van der Waals surface area contributed by atoms with E-state index in [1.807, 2.05) is 0 Å². The van der Waals surface area contributed by atoms with Gasteiger partial charge >= 0.3 is 6.03 Å². The van der Waals surface area contributed by atoms with Gasteiger partial charge in [-0.2, -0.15) is 5.10 Å². The highest BCUT2D eigenvalue weighted by Crippen LogP contribution is 2.15. The van der Waals surface area contributed by atoms with E-state index in [-0.39, 0.29) is 0 Å². The molecule has 1 aromatic carbocycles. The van der Waals surface area contributed by atoms with E-state index in [2.05, 4.69) is 15.7 Å². The largest absolute Gasteiger partial charge is 0.333 e. The molecule has 0 aliphatic carbocycles. The van der Waals surface area contributed by atoms with Crippen molar-refractivity contribution in [2.24, 2.45) is 7.05 Å². The van der Waals surface area contributed by atoms with Gasteiger partial charge in [-0.1, -0.05) is 6.07 Å². The van der Waals surface area contributed by atoms with Gasteiger partial charge in [-0.3, -0.25) is 4.68 Å². The first-order valence-corrected chi connectivity index (χ1v) is 6.43. The fraction of sp³-hybridized carbons (Fsp3) is 0.286. The molecule has 1 unspecified atom stereocenters. The van der Waals surface area contributed by atoms with Gasteiger partial charge in [-0.05, 0) is 30.7 Å². The summed E-state index contributed by atoms with van der Waals surface area (Å²) in [5.41, 5.74) is 1.34. The molecule has 2 aromatic rings. The number of nitrogens with zero attached hydrogens (tertiary/aromatic N) is 2. The number of hydrogen-bond donors (Lipinski definition) is 2. The highest BCUT2D eigenvalue weighted by molar-refractivity contribution is 5.74. The monoisotopic (exact) mass is 294 g/mol. The van der Waals surface area contributed by atoms with Crippen molar-refractivity contribution in [3.63, 3.8) is 0 Å². The smallest absolute Gasteiger partial charge is 0.315 e. The summed E-state index contributed by atoms with van der Waals surface area (Å²) in [6.07, 6.45) is 1.64. The van der Waals surface area contributed by atoms with Gasteiger partial charge in [0.2, 0.25) is 0 Å². The lowest BCUT2D eigenvalue weighted by Gasteiger charge is -2.15. The molecular weight excluding hydrogens is 278 g/mol. The highest BCUT2D eigenvalue weighted by Gasteiger charge is 2.12. The molecule has 1 aromatic heterocycles. The van der Waals surface area contributed by atoms with Crippen molar-refractivity contribution in [2.45, 2.75) is 19.5 Å². The van der Waals surface area contributed by atoms with Crippen molar-refractivity contribution in [1.82, 2.24) is 20.4 Å². The number of aryl methyl sites for hydroxylation is 1. The lowest BCUT2D eigenvalue weighted by molar-refractivity contribution is 0.237. The Morgan fingerprint density at radius 2 is 2.10 bits per heavy atom. The van der Waals surface area contributed by atoms with Crippen molar-refractivity contribution < 1.29 is 13.6 Å². The van der Waals surface area contributed by atoms with E-state index in [1.54, 1.807) is 30.9 Å². The predicted octanol–water partition coefficient (Wildman–Crippen LogP) is 2.26. The molecule has 2 N–H and O–H groups in total. The van der Waals surface area contributed by atoms with Gasteiger partial charge in [0.05, 0.1) is 18.3 Å². The molecule has 2 rings (SSSR count). The number of carbonyl (C=O) groups excluding carboxylic acids is 1. The van der Waals surface area contributed by atoms with E-state index in [0.717, 1.165) is 17.8 Å². The van der Waals surface area contributed by atoms with Crippen molar-refractivity contribution in [2.75, 3.05) is 0 Å². The second kappa shape index (κ2) is 6.34. The maximum Gasteiger partial charge on any atom is 0.315 e. The van der Waals surface area contributed by atoms with Crippen LogP contribution in [-0.2, 0) is 13.6 Å². The van der Waals surface area contributed by atoms with Crippen molar-refractivity contribution in [3.05, 3.63) is 53.4 Å². The first-order chi connectivity index (χ1) is 9.97. The minimum atomic E-state index is -0.934. The van der Waals surface area contributed by atoms with Crippen LogP contribution in [0.4, 0.5) is 13.6 Å². The number of nitrogens with one attached hydrogen (secondary N) is 2. The van der Waals surface area contributed by atoms with Crippen LogP contribution in [0.3, 0.4) is 0 Å². The number of aromatic nitrogens is 2. The van der Waals surface area contributed by atoms with Gasteiger partial charge in [0, 0.05) is 13.2 Å². The Kier molecular flexibility index (Phi) is 4.52. The summed E-state index contributed by atoms with van der Waals surface area (Å²) in [4.78, 5) is 11.8. The van der Waals surface area contributed by atoms with Gasteiger partial charge in [-0.25, -0.2) is 13.6 Å². The molecule has 2 amide bonds. The summed E-state index contributed by atoms with van der Waals surface area (Å²) in [5, 5.41) is 9.32. The molecular formula is C14H16F2N4O. The summed E-state index contributed by atoms with van der Waals surface area (Å²) < 4.78 is 27.7. The topological polar surface area (TPSA) is 59.0 Å². The summed E-state index contributed by atoms with van der Waals surface area (Å²) in [7, 11) is 1.78. The van der Waals surface area contributed by atoms with Crippen LogP contribution in [0.25, 0.3) is 0 Å². The molecule has 1 atom stereocenters. The van der Waals surface area contributed by atoms with Crippen LogP contribution >= 0.6 is 0 Å². The van der Waals surface area contributed by atoms with Gasteiger partial charge in [0.25, 0.3) is 0 Å². The molecule has 0 saturated carbocycles. The van der Waals surface area contributed by atoms with E-state index in [1.165, 1.54) is 6.07 Å². The number of benzene rings is 1. The fourth-order valence-electron chi connectivity index (χ4n) is 1.86. The van der Waals surface area contributed by atoms with Crippen LogP contribution in [0.15, 0.2) is 30.5 Å². The molecule has 0 radical (unpaired) electrons. The molecule has 0 fully saturated rings. The Hall–Kier alpha value is -2.44. The number of rotatable bonds is 4. The molecule has 0 spiro atoms. The third-order valence-electron chi connectivity index (χ3n) is 3.14. The summed E-state index contributed by atoms with van der Waals surface area (Å²) >= 11 is 0. The number of hydrogen-bond acceptors (Lipinski definition) is 2. The van der Waals surface area contributed by atoms with Gasteiger partial charge in [-0.15, -0.1) is 0 Å². The molecule has 0 aliphatic heterocycles. The zero-order chi connectivity index (χ0) is 15.4. The molecule has 0 bridgehead atoms. The number of urea groups is 1. The number of amides is 2. The molecule has 7 heteroatoms. The van der Waals surface area contributed by atoms with Crippen molar-refractivity contribution in [1.29, 1.82) is 0 Å². The maximum absolute atomic E-state index is 13.1. The normalized spacial score (nSPS) is 12.0. The lowest BCUT2D eigenvalue weighted by Crippen LogP contribution is -2.37. The van der Waals surface area contributed by atoms with Gasteiger partial charge in [0.15, 0.2) is 11.6 Å². The third-order valence-corrected chi connectivity index (χ3v) is 3.14. The van der Waals surface area contributed by atoms with Crippen LogP contribution in [0.1, 0.15) is 24.2 Å². The Balaban J connectivity index is 1.89. The average molecular weight is 294 g/mol. The molecule has 112 valence electrons. The van der Waals surface area contributed by atoms with Crippen LogP contribution in [0, 0.1) is 11.6 Å². The fourth-order valence-corrected chi connectivity index (χ4v) is 1.86. The quantitative estimate of drug-likeness (QED) is 0.908. The van der Waals surface area contributed by atoms with Crippen LogP contribution in [0.2, 0.25) is 0 Å². The summed E-state index contributed by atoms with van der Waals surface area (Å²) in [6.45, 7) is 2.02. The SMILES string of the molecule is CC(NC(=O)NCc1ccnn1C)c1ccc(F)c(F)c1. The van der Waals surface area contributed by atoms with E-state index in [9.17, 15) is 13.6 Å². The third kappa shape index (κ3) is 3.77. The van der Waals surface area contributed by atoms with Crippen LogP contribution in [0.5, 0.6) is 0 Å². The lowest BCUT2D eigenvalue weighted by atomic mass is 10.1. The molecule has 0 aliphatic rings. The number of halogens is 2. The van der Waals surface area contributed by atoms with E-state index < -0.39 is 23.7 Å². The van der Waals surface area contributed by atoms with E-state index in [0.29, 0.717) is 12.1 Å². The molecule has 5 nitrogen and oxygen atoms in total. The Morgan fingerprint density at radius 1 is 1.33 bits per heavy atom. The first-order valence-electron chi connectivity index (χ1n) is 6.43. The Morgan fingerprint density at radius 3 is 2.71 bits per heavy atom. The number of carbonyl (C=O) groups is 1. The second-order valence-electron chi connectivity index (χ2n) is 4.67. The minimum Gasteiger partial charge on any atom is -0.333 e. The average Bonchev–Trinajstić information content (AvgIpc) is 2.85. The van der Waals surface area contributed by atoms with Gasteiger partial charge < -0.3 is 10.6 Å². The zero-order valence-electron chi connectivity index (χ0n) is 11.7. The van der Waals surface area contributed by atoms with E-state index in [4.69, 9.17) is 0 Å². The second-order valence-corrected chi connectivity index (χ2v) is 4.67. The predicted molar refractivity (Wildman–Crippen MR) is 73.4 cm³/mol. The van der Waals surface area contributed by atoms with Crippen molar-refractivity contribution >= 4 is 6.03 Å². The summed E-state index contributed by atoms with van der Waals surface area (Å²) in [6, 6.07) is 4.50. The minimum absolute atomic E-state index is 0.326. The standard InChI is InChI=1S/C14H16F2N4O/c1-9(10-3-4-12(15)13(16)7-10)19-14(21)17-8-11-5-6-18-20(11)2/h3-7,9H,8H2,1-2H3,(H2,17,19,21). The first kappa shape index (κ1) is 15.0. The van der Waals surface area contributed by atoms with Crippen molar-refractivity contribution in [3.8, 4) is 0 Å². The highest BCUT2D eigenvalue weighted by atomic mass is 19.2. The molecule has 21 heavy (non-hydrogen) atoms. The Labute approximate surface area is 121 Å². The van der Waals surface area contributed by atoms with Crippen LogP contribution in [-0.4, -0.2) is 15.8 Å². The van der Waals surface area contributed by atoms with Crippen LogP contribution < -0.4 is 10.6 Å². The Bertz CT molecular complexity index is 642. The maximum atomic E-state index is 13.1. The molecule has 1 heterocycles. The summed E-state index contributed by atoms with van der Waals surface area (Å²) in [5.74, 6) is -1.84.